The lowest BCUT2D eigenvalue weighted by atomic mass is 10.00. The number of nitrogens with zero attached hydrogens (tertiary/aromatic N) is 2. The summed E-state index contributed by atoms with van der Waals surface area (Å²) in [5, 5.41) is 9.45. The van der Waals surface area contributed by atoms with Crippen LogP contribution >= 0.6 is 11.3 Å². The SMILES string of the molecule is Cc1cc(C)c(-c2ccc(-c3cc(CF)c(C#N)c(=O)n3Cc3ccc(F)cc3F)s2)cc1C. The van der Waals surface area contributed by atoms with Crippen molar-refractivity contribution in [2.75, 3.05) is 0 Å². The molecule has 0 fully saturated rings. The van der Waals surface area contributed by atoms with Crippen LogP contribution in [0.5, 0.6) is 0 Å². The Balaban J connectivity index is 1.90. The van der Waals surface area contributed by atoms with Crippen LogP contribution in [0, 0.1) is 43.7 Å². The molecule has 0 amide bonds. The molecular weight excluding hydrogens is 457 g/mol. The highest BCUT2D eigenvalue weighted by molar-refractivity contribution is 7.18. The fraction of sp³-hybridized carbons (Fsp3) is 0.185. The molecule has 0 aliphatic carbocycles. The molecule has 2 aromatic heterocycles. The van der Waals surface area contributed by atoms with E-state index < -0.39 is 23.9 Å². The smallest absolute Gasteiger partial charge is 0.269 e. The molecule has 0 N–H and O–H groups in total. The van der Waals surface area contributed by atoms with Gasteiger partial charge in [0.2, 0.25) is 0 Å². The van der Waals surface area contributed by atoms with Crippen LogP contribution in [0.15, 0.2) is 53.3 Å². The van der Waals surface area contributed by atoms with E-state index in [1.54, 1.807) is 6.07 Å². The Morgan fingerprint density at radius 1 is 0.912 bits per heavy atom. The second-order valence-corrected chi connectivity index (χ2v) is 9.30. The predicted molar refractivity (Wildman–Crippen MR) is 129 cm³/mol. The molecule has 4 aromatic rings. The molecule has 0 aliphatic heterocycles. The first kappa shape index (κ1) is 23.5. The minimum atomic E-state index is -0.981. The number of aryl methyl sites for hydroxylation is 3. The van der Waals surface area contributed by atoms with Gasteiger partial charge in [-0.2, -0.15) is 5.26 Å². The average molecular weight is 479 g/mol. The van der Waals surface area contributed by atoms with E-state index in [0.29, 0.717) is 10.6 Å². The van der Waals surface area contributed by atoms with Gasteiger partial charge in [-0.1, -0.05) is 18.2 Å². The maximum absolute atomic E-state index is 14.4. The van der Waals surface area contributed by atoms with Gasteiger partial charge in [0.15, 0.2) is 0 Å². The lowest BCUT2D eigenvalue weighted by Gasteiger charge is -2.15. The molecule has 0 unspecified atom stereocenters. The quantitative estimate of drug-likeness (QED) is 0.315. The van der Waals surface area contributed by atoms with Crippen molar-refractivity contribution < 1.29 is 13.2 Å². The maximum Gasteiger partial charge on any atom is 0.269 e. The van der Waals surface area contributed by atoms with E-state index in [2.05, 4.69) is 19.1 Å². The van der Waals surface area contributed by atoms with E-state index >= 15 is 0 Å². The molecule has 3 nitrogen and oxygen atoms in total. The van der Waals surface area contributed by atoms with Gasteiger partial charge in [-0.25, -0.2) is 13.2 Å². The second kappa shape index (κ2) is 9.32. The van der Waals surface area contributed by atoms with Gasteiger partial charge in [0.25, 0.3) is 5.56 Å². The number of rotatable bonds is 5. The van der Waals surface area contributed by atoms with Crippen molar-refractivity contribution in [3.05, 3.63) is 104 Å². The summed E-state index contributed by atoms with van der Waals surface area (Å²) in [6.07, 6.45) is 0. The molecule has 34 heavy (non-hydrogen) atoms. The maximum atomic E-state index is 14.4. The monoisotopic (exact) mass is 478 g/mol. The van der Waals surface area contributed by atoms with E-state index in [9.17, 15) is 23.2 Å². The molecule has 0 saturated carbocycles. The zero-order valence-electron chi connectivity index (χ0n) is 18.9. The fourth-order valence-corrected chi connectivity index (χ4v) is 5.06. The molecule has 0 radical (unpaired) electrons. The molecule has 0 atom stereocenters. The van der Waals surface area contributed by atoms with Crippen molar-refractivity contribution >= 4 is 11.3 Å². The van der Waals surface area contributed by atoms with Crippen molar-refractivity contribution in [3.8, 4) is 27.1 Å². The largest absolute Gasteiger partial charge is 0.302 e. The van der Waals surface area contributed by atoms with Crippen LogP contribution in [0.1, 0.15) is 33.4 Å². The summed E-state index contributed by atoms with van der Waals surface area (Å²) in [6, 6.07) is 14.3. The summed E-state index contributed by atoms with van der Waals surface area (Å²) in [7, 11) is 0. The van der Waals surface area contributed by atoms with Gasteiger partial charge in [0.05, 0.1) is 17.1 Å². The Morgan fingerprint density at radius 3 is 2.29 bits per heavy atom. The topological polar surface area (TPSA) is 45.8 Å². The Kier molecular flexibility index (Phi) is 6.45. The number of benzene rings is 2. The van der Waals surface area contributed by atoms with Gasteiger partial charge in [0.1, 0.15) is 29.9 Å². The zero-order valence-corrected chi connectivity index (χ0v) is 19.7. The molecule has 4 rings (SSSR count). The minimum Gasteiger partial charge on any atom is -0.302 e. The summed E-state index contributed by atoms with van der Waals surface area (Å²) >= 11 is 1.42. The van der Waals surface area contributed by atoms with Crippen molar-refractivity contribution in [1.29, 1.82) is 5.26 Å². The van der Waals surface area contributed by atoms with Crippen molar-refractivity contribution in [1.82, 2.24) is 4.57 Å². The minimum absolute atomic E-state index is 0.0179. The van der Waals surface area contributed by atoms with Crippen molar-refractivity contribution in [3.63, 3.8) is 0 Å². The normalized spacial score (nSPS) is 11.0. The van der Waals surface area contributed by atoms with Crippen LogP contribution in [0.25, 0.3) is 21.0 Å². The number of halogens is 3. The molecule has 7 heteroatoms. The summed E-state index contributed by atoms with van der Waals surface area (Å²) < 4.78 is 42.7. The summed E-state index contributed by atoms with van der Waals surface area (Å²) in [5.74, 6) is -1.53. The van der Waals surface area contributed by atoms with Gasteiger partial charge >= 0.3 is 0 Å². The molecule has 2 heterocycles. The molecule has 0 saturated heterocycles. The number of thiophene rings is 1. The zero-order chi connectivity index (χ0) is 24.6. The van der Waals surface area contributed by atoms with Crippen LogP contribution in [0.4, 0.5) is 13.2 Å². The average Bonchev–Trinajstić information content (AvgIpc) is 3.28. The van der Waals surface area contributed by atoms with Crippen LogP contribution in [0.3, 0.4) is 0 Å². The van der Waals surface area contributed by atoms with Gasteiger partial charge in [-0.15, -0.1) is 11.3 Å². The summed E-state index contributed by atoms with van der Waals surface area (Å²) in [5.41, 5.74) is 3.90. The number of nitriles is 1. The lowest BCUT2D eigenvalue weighted by molar-refractivity contribution is 0.483. The molecule has 2 aromatic carbocycles. The third-order valence-corrected chi connectivity index (χ3v) is 7.09. The van der Waals surface area contributed by atoms with Crippen molar-refractivity contribution in [2.45, 2.75) is 34.0 Å². The Morgan fingerprint density at radius 2 is 1.62 bits per heavy atom. The predicted octanol–water partition coefficient (Wildman–Crippen LogP) is 6.84. The highest BCUT2D eigenvalue weighted by Crippen LogP contribution is 2.37. The van der Waals surface area contributed by atoms with E-state index in [1.165, 1.54) is 33.6 Å². The van der Waals surface area contributed by atoms with Gasteiger partial charge in [0, 0.05) is 22.1 Å². The first-order valence-corrected chi connectivity index (χ1v) is 11.4. The molecule has 0 aliphatic rings. The standard InChI is InChI=1S/C27H21F3N2OS/c1-15-8-17(3)21(9-16(15)2)25-6-7-26(34-25)24-10-19(12-28)22(13-31)27(33)32(24)14-18-4-5-20(29)11-23(18)30/h4-11H,12,14H2,1-3H3. The number of aromatic nitrogens is 1. The third-order valence-electron chi connectivity index (χ3n) is 5.95. The fourth-order valence-electron chi connectivity index (χ4n) is 3.95. The molecule has 0 spiro atoms. The Hall–Kier alpha value is -3.63. The second-order valence-electron chi connectivity index (χ2n) is 8.22. The van der Waals surface area contributed by atoms with Crippen LogP contribution in [-0.2, 0) is 13.2 Å². The highest BCUT2D eigenvalue weighted by atomic mass is 32.1. The number of pyridine rings is 1. The number of hydrogen-bond acceptors (Lipinski definition) is 3. The first-order chi connectivity index (χ1) is 16.2. The van der Waals surface area contributed by atoms with Gasteiger partial charge in [-0.05, 0) is 67.3 Å². The Bertz CT molecular complexity index is 1510. The van der Waals surface area contributed by atoms with Crippen LogP contribution in [-0.4, -0.2) is 4.57 Å². The van der Waals surface area contributed by atoms with E-state index in [0.717, 1.165) is 33.7 Å². The molecule has 172 valence electrons. The van der Waals surface area contributed by atoms with Gasteiger partial charge < -0.3 is 4.57 Å². The van der Waals surface area contributed by atoms with E-state index in [1.807, 2.05) is 26.0 Å². The van der Waals surface area contributed by atoms with Gasteiger partial charge in [-0.3, -0.25) is 4.79 Å². The highest BCUT2D eigenvalue weighted by Gasteiger charge is 2.19. The number of alkyl halides is 1. The third kappa shape index (κ3) is 4.29. The van der Waals surface area contributed by atoms with E-state index in [4.69, 9.17) is 0 Å². The van der Waals surface area contributed by atoms with Crippen LogP contribution < -0.4 is 5.56 Å². The summed E-state index contributed by atoms with van der Waals surface area (Å²) in [6.45, 7) is 4.91. The molecular formula is C27H21F3N2OS. The van der Waals surface area contributed by atoms with Crippen LogP contribution in [0.2, 0.25) is 0 Å². The van der Waals surface area contributed by atoms with E-state index in [-0.39, 0.29) is 23.2 Å². The Labute approximate surface area is 199 Å². The lowest BCUT2D eigenvalue weighted by Crippen LogP contribution is -2.26. The van der Waals surface area contributed by atoms with Crippen molar-refractivity contribution in [2.24, 2.45) is 0 Å². The molecule has 0 bridgehead atoms. The summed E-state index contributed by atoms with van der Waals surface area (Å²) in [4.78, 5) is 14.8. The number of hydrogen-bond donors (Lipinski definition) is 0. The first-order valence-electron chi connectivity index (χ1n) is 10.6.